The van der Waals surface area contributed by atoms with Crippen LogP contribution in [0.4, 0.5) is 0 Å². The topological polar surface area (TPSA) is 3.24 Å². The van der Waals surface area contributed by atoms with Crippen LogP contribution in [-0.2, 0) is 6.54 Å². The Labute approximate surface area is 95.6 Å². The Bertz CT molecular complexity index is 310. The van der Waals surface area contributed by atoms with E-state index in [1.54, 1.807) is 0 Å². The lowest BCUT2D eigenvalue weighted by Crippen LogP contribution is -2.16. The van der Waals surface area contributed by atoms with Gasteiger partial charge in [-0.2, -0.15) is 0 Å². The number of hydrogen-bond donors (Lipinski definition) is 0. The van der Waals surface area contributed by atoms with E-state index in [9.17, 15) is 0 Å². The van der Waals surface area contributed by atoms with Gasteiger partial charge in [0, 0.05) is 12.2 Å². The number of rotatable bonds is 2. The summed E-state index contributed by atoms with van der Waals surface area (Å²) in [6.07, 6.45) is 0. The monoisotopic (exact) mass is 227 g/mol. The minimum Gasteiger partial charge on any atom is -0.361 e. The summed E-state index contributed by atoms with van der Waals surface area (Å²) >= 11 is 1.87. The Morgan fingerprint density at radius 1 is 1.29 bits per heavy atom. The highest BCUT2D eigenvalue weighted by Gasteiger charge is 2.10. The van der Waals surface area contributed by atoms with E-state index in [-0.39, 0.29) is 12.4 Å². The van der Waals surface area contributed by atoms with Crippen molar-refractivity contribution in [2.75, 3.05) is 5.88 Å². The Balaban J connectivity index is 0.000000980. The average Bonchev–Trinajstić information content (AvgIpc) is 2.54. The van der Waals surface area contributed by atoms with Gasteiger partial charge in [-0.05, 0) is 17.9 Å². The molecule has 0 atom stereocenters. The van der Waals surface area contributed by atoms with Crippen LogP contribution in [0.2, 0.25) is 0 Å². The van der Waals surface area contributed by atoms with Crippen molar-refractivity contribution in [2.24, 2.45) is 0 Å². The number of hydrogen-bond acceptors (Lipinski definition) is 2. The van der Waals surface area contributed by atoms with Gasteiger partial charge in [0.25, 0.3) is 0 Å². The van der Waals surface area contributed by atoms with Crippen molar-refractivity contribution in [3.63, 3.8) is 0 Å². The van der Waals surface area contributed by atoms with Gasteiger partial charge in [0.2, 0.25) is 0 Å². The smallest absolute Gasteiger partial charge is 0.0681 e. The van der Waals surface area contributed by atoms with Crippen molar-refractivity contribution in [3.8, 4) is 0 Å². The summed E-state index contributed by atoms with van der Waals surface area (Å²) < 4.78 is 0. The van der Waals surface area contributed by atoms with Crippen LogP contribution in [0.5, 0.6) is 0 Å². The van der Waals surface area contributed by atoms with Crippen LogP contribution in [0, 0.1) is 0 Å². The van der Waals surface area contributed by atoms with E-state index in [2.05, 4.69) is 47.6 Å². The maximum absolute atomic E-state index is 2.39. The van der Waals surface area contributed by atoms with Crippen molar-refractivity contribution < 1.29 is 0 Å². The van der Waals surface area contributed by atoms with Gasteiger partial charge in [-0.1, -0.05) is 30.3 Å². The molecule has 1 aliphatic rings. The molecule has 1 aliphatic heterocycles. The van der Waals surface area contributed by atoms with Gasteiger partial charge in [0.1, 0.15) is 0 Å². The molecule has 14 heavy (non-hydrogen) atoms. The molecule has 1 heterocycles. The zero-order valence-corrected chi connectivity index (χ0v) is 9.78. The fourth-order valence-corrected chi connectivity index (χ4v) is 2.34. The van der Waals surface area contributed by atoms with Gasteiger partial charge in [-0.15, -0.1) is 24.2 Å². The molecule has 0 radical (unpaired) electrons. The molecule has 0 saturated heterocycles. The molecule has 76 valence electrons. The number of nitrogens with zero attached hydrogens (tertiary/aromatic N) is 1. The van der Waals surface area contributed by atoms with E-state index in [0.29, 0.717) is 0 Å². The summed E-state index contributed by atoms with van der Waals surface area (Å²) in [5, 5.41) is 2.23. The first kappa shape index (κ1) is 11.5. The summed E-state index contributed by atoms with van der Waals surface area (Å²) in [6.45, 7) is 3.21. The van der Waals surface area contributed by atoms with Crippen LogP contribution in [0.15, 0.2) is 41.4 Å². The van der Waals surface area contributed by atoms with Gasteiger partial charge in [0.15, 0.2) is 0 Å². The Morgan fingerprint density at radius 2 is 2.00 bits per heavy atom. The first-order valence-electron chi connectivity index (χ1n) is 4.43. The predicted molar refractivity (Wildman–Crippen MR) is 65.4 cm³/mol. The van der Waals surface area contributed by atoms with E-state index in [1.807, 2.05) is 11.8 Å². The van der Waals surface area contributed by atoms with Crippen LogP contribution >= 0.6 is 24.2 Å². The molecule has 1 nitrogen and oxygen atoms in total. The van der Waals surface area contributed by atoms with Crippen molar-refractivity contribution in [1.29, 1.82) is 0 Å². The molecule has 0 saturated carbocycles. The number of thioether (sulfide) groups is 1. The summed E-state index contributed by atoms with van der Waals surface area (Å²) in [4.78, 5) is 2.39. The van der Waals surface area contributed by atoms with Gasteiger partial charge < -0.3 is 4.90 Å². The fraction of sp³-hybridized carbons (Fsp3) is 0.273. The minimum absolute atomic E-state index is 0. The summed E-state index contributed by atoms with van der Waals surface area (Å²) in [5.74, 6) is 1.10. The van der Waals surface area contributed by atoms with Gasteiger partial charge in [0.05, 0.1) is 5.88 Å². The quantitative estimate of drug-likeness (QED) is 0.761. The van der Waals surface area contributed by atoms with E-state index < -0.39 is 0 Å². The van der Waals surface area contributed by atoms with Gasteiger partial charge in [-0.25, -0.2) is 0 Å². The van der Waals surface area contributed by atoms with Crippen molar-refractivity contribution >= 4 is 24.2 Å². The first-order chi connectivity index (χ1) is 6.36. The van der Waals surface area contributed by atoms with Crippen molar-refractivity contribution in [3.05, 3.63) is 47.0 Å². The maximum atomic E-state index is 2.39. The first-order valence-corrected chi connectivity index (χ1v) is 5.48. The molecular weight excluding hydrogens is 214 g/mol. The van der Waals surface area contributed by atoms with E-state index >= 15 is 0 Å². The number of allylic oxidation sites excluding steroid dienone is 1. The second-order valence-corrected chi connectivity index (χ2v) is 4.07. The molecular formula is C11H14ClNS. The molecule has 1 aromatic carbocycles. The lowest BCUT2D eigenvalue weighted by Gasteiger charge is -2.18. The largest absolute Gasteiger partial charge is 0.361 e. The highest BCUT2D eigenvalue weighted by Crippen LogP contribution is 2.24. The molecule has 0 fully saturated rings. The molecule has 3 heteroatoms. The molecule has 0 unspecified atom stereocenters. The molecule has 0 spiro atoms. The standard InChI is InChI=1S/C11H13NS.ClH/c1-10-8-13-9-12(10)7-11-5-3-2-4-6-11;/h2-6,8H,7,9H2,1H3;1H. The lowest BCUT2D eigenvalue weighted by molar-refractivity contribution is 0.405. The second-order valence-electron chi connectivity index (χ2n) is 3.24. The zero-order valence-electron chi connectivity index (χ0n) is 8.14. The normalized spacial score (nSPS) is 14.9. The Kier molecular flexibility index (Phi) is 4.36. The zero-order chi connectivity index (χ0) is 9.10. The molecule has 0 bridgehead atoms. The Morgan fingerprint density at radius 3 is 2.57 bits per heavy atom. The third kappa shape index (κ3) is 2.69. The molecule has 0 aromatic heterocycles. The van der Waals surface area contributed by atoms with Crippen LogP contribution in [0.3, 0.4) is 0 Å². The molecule has 0 aliphatic carbocycles. The van der Waals surface area contributed by atoms with Crippen molar-refractivity contribution in [2.45, 2.75) is 13.5 Å². The maximum Gasteiger partial charge on any atom is 0.0681 e. The number of halogens is 1. The highest BCUT2D eigenvalue weighted by atomic mass is 35.5. The Hall–Kier alpha value is -0.600. The molecule has 2 rings (SSSR count). The highest BCUT2D eigenvalue weighted by molar-refractivity contribution is 8.02. The van der Waals surface area contributed by atoms with Gasteiger partial charge in [-0.3, -0.25) is 0 Å². The minimum atomic E-state index is 0. The van der Waals surface area contributed by atoms with Crippen LogP contribution < -0.4 is 0 Å². The summed E-state index contributed by atoms with van der Waals surface area (Å²) in [5.41, 5.74) is 2.77. The fourth-order valence-electron chi connectivity index (χ4n) is 1.40. The summed E-state index contributed by atoms with van der Waals surface area (Å²) in [6, 6.07) is 10.6. The number of benzene rings is 1. The second kappa shape index (κ2) is 5.32. The average molecular weight is 228 g/mol. The molecule has 1 aromatic rings. The van der Waals surface area contributed by atoms with Gasteiger partial charge >= 0.3 is 0 Å². The van der Waals surface area contributed by atoms with E-state index in [4.69, 9.17) is 0 Å². The third-order valence-corrected chi connectivity index (χ3v) is 3.17. The van der Waals surface area contributed by atoms with Crippen LogP contribution in [0.25, 0.3) is 0 Å². The molecule has 0 N–H and O–H groups in total. The predicted octanol–water partition coefficient (Wildman–Crippen LogP) is 3.48. The van der Waals surface area contributed by atoms with E-state index in [1.165, 1.54) is 11.3 Å². The summed E-state index contributed by atoms with van der Waals surface area (Å²) in [7, 11) is 0. The third-order valence-electron chi connectivity index (χ3n) is 2.20. The lowest BCUT2D eigenvalue weighted by atomic mass is 10.2. The van der Waals surface area contributed by atoms with Crippen LogP contribution in [-0.4, -0.2) is 10.8 Å². The van der Waals surface area contributed by atoms with Crippen LogP contribution in [0.1, 0.15) is 12.5 Å². The molecule has 0 amide bonds. The van der Waals surface area contributed by atoms with Crippen molar-refractivity contribution in [1.82, 2.24) is 4.90 Å². The van der Waals surface area contributed by atoms with E-state index in [0.717, 1.165) is 12.4 Å². The SMILES string of the molecule is CC1=CSCN1Cc1ccccc1.Cl.